The minimum atomic E-state index is -0.429. The second kappa shape index (κ2) is 6.27. The van der Waals surface area contributed by atoms with Crippen LogP contribution in [0.5, 0.6) is 0 Å². The van der Waals surface area contributed by atoms with E-state index < -0.39 is 6.23 Å². The van der Waals surface area contributed by atoms with Crippen molar-refractivity contribution in [1.29, 1.82) is 0 Å². The molecule has 0 saturated carbocycles. The quantitative estimate of drug-likeness (QED) is 0.845. The Morgan fingerprint density at radius 3 is 3.00 bits per heavy atom. The largest absolute Gasteiger partial charge is 0.377 e. The number of nitrogens with zero attached hydrogens (tertiary/aromatic N) is 2. The highest BCUT2D eigenvalue weighted by molar-refractivity contribution is 5.03. The van der Waals surface area contributed by atoms with Gasteiger partial charge in [-0.25, -0.2) is 0 Å². The zero-order valence-corrected chi connectivity index (χ0v) is 11.2. The monoisotopic (exact) mass is 249 g/mol. The van der Waals surface area contributed by atoms with Gasteiger partial charge in [0.2, 0.25) is 0 Å². The molecule has 1 aromatic rings. The van der Waals surface area contributed by atoms with Crippen molar-refractivity contribution in [1.82, 2.24) is 15.2 Å². The number of aliphatic hydroxyl groups excluding tert-OH is 1. The summed E-state index contributed by atoms with van der Waals surface area (Å²) in [7, 11) is 1.92. The van der Waals surface area contributed by atoms with Gasteiger partial charge in [0.05, 0.1) is 5.69 Å². The third kappa shape index (κ3) is 3.28. The third-order valence-corrected chi connectivity index (χ3v) is 3.76. The van der Waals surface area contributed by atoms with Gasteiger partial charge in [0, 0.05) is 25.3 Å². The maximum Gasteiger partial charge on any atom is 0.123 e. The number of hydrogen-bond donors (Lipinski definition) is 2. The molecule has 1 aliphatic rings. The van der Waals surface area contributed by atoms with Crippen LogP contribution in [0, 0.1) is 5.92 Å². The number of likely N-dealkylation sites (tertiary alicyclic amines) is 1. The first-order valence-electron chi connectivity index (χ1n) is 6.70. The minimum Gasteiger partial charge on any atom is -0.377 e. The molecule has 0 aromatic carbocycles. The fourth-order valence-electron chi connectivity index (χ4n) is 2.59. The highest BCUT2D eigenvalue weighted by Gasteiger charge is 2.29. The lowest BCUT2D eigenvalue weighted by Gasteiger charge is -2.30. The molecule has 0 bridgehead atoms. The van der Waals surface area contributed by atoms with Crippen molar-refractivity contribution in [2.24, 2.45) is 5.92 Å². The first-order chi connectivity index (χ1) is 8.70. The Balaban J connectivity index is 2.06. The molecule has 1 saturated heterocycles. The first kappa shape index (κ1) is 13.5. The summed E-state index contributed by atoms with van der Waals surface area (Å²) in [5.41, 5.74) is 1.01. The van der Waals surface area contributed by atoms with Crippen molar-refractivity contribution in [3.63, 3.8) is 0 Å². The van der Waals surface area contributed by atoms with E-state index in [-0.39, 0.29) is 6.04 Å². The molecule has 2 heterocycles. The van der Waals surface area contributed by atoms with Crippen molar-refractivity contribution >= 4 is 0 Å². The van der Waals surface area contributed by atoms with E-state index in [9.17, 15) is 5.11 Å². The third-order valence-electron chi connectivity index (χ3n) is 3.76. The first-order valence-corrected chi connectivity index (χ1v) is 6.70. The van der Waals surface area contributed by atoms with Crippen molar-refractivity contribution in [2.75, 3.05) is 13.6 Å². The van der Waals surface area contributed by atoms with Crippen LogP contribution in [0.2, 0.25) is 0 Å². The molecule has 1 aliphatic heterocycles. The molecular weight excluding hydrogens is 226 g/mol. The van der Waals surface area contributed by atoms with Gasteiger partial charge in [-0.2, -0.15) is 0 Å². The molecule has 0 spiro atoms. The van der Waals surface area contributed by atoms with Crippen LogP contribution in [0.4, 0.5) is 0 Å². The average molecular weight is 249 g/mol. The number of aliphatic hydroxyl groups is 1. The van der Waals surface area contributed by atoms with E-state index >= 15 is 0 Å². The molecule has 2 N–H and O–H groups in total. The maximum absolute atomic E-state index is 10.4. The zero-order valence-electron chi connectivity index (χ0n) is 11.2. The maximum atomic E-state index is 10.4. The van der Waals surface area contributed by atoms with E-state index in [0.29, 0.717) is 12.5 Å². The fourth-order valence-corrected chi connectivity index (χ4v) is 2.59. The lowest BCUT2D eigenvalue weighted by atomic mass is 10.00. The summed E-state index contributed by atoms with van der Waals surface area (Å²) in [6.07, 6.45) is 3.53. The van der Waals surface area contributed by atoms with Gasteiger partial charge >= 0.3 is 0 Å². The lowest BCUT2D eigenvalue weighted by Crippen LogP contribution is -2.47. The van der Waals surface area contributed by atoms with Crippen LogP contribution >= 0.6 is 0 Å². The van der Waals surface area contributed by atoms with Gasteiger partial charge in [0.1, 0.15) is 6.23 Å². The fraction of sp³-hybridized carbons (Fsp3) is 0.643. The van der Waals surface area contributed by atoms with E-state index in [0.717, 1.165) is 25.1 Å². The van der Waals surface area contributed by atoms with Gasteiger partial charge < -0.3 is 10.4 Å². The summed E-state index contributed by atoms with van der Waals surface area (Å²) in [6, 6.07) is 6.06. The predicted molar refractivity (Wildman–Crippen MR) is 71.9 cm³/mol. The van der Waals surface area contributed by atoms with E-state index in [4.69, 9.17) is 0 Å². The van der Waals surface area contributed by atoms with Crippen molar-refractivity contribution in [3.05, 3.63) is 30.1 Å². The molecule has 1 aromatic heterocycles. The summed E-state index contributed by atoms with van der Waals surface area (Å²) in [5, 5.41) is 13.7. The second-order valence-corrected chi connectivity index (χ2v) is 5.23. The van der Waals surface area contributed by atoms with Gasteiger partial charge in [-0.1, -0.05) is 13.0 Å². The van der Waals surface area contributed by atoms with E-state index in [1.165, 1.54) is 0 Å². The Morgan fingerprint density at radius 2 is 2.33 bits per heavy atom. The summed E-state index contributed by atoms with van der Waals surface area (Å²) in [5.74, 6) is 0.644. The van der Waals surface area contributed by atoms with Crippen LogP contribution in [0.25, 0.3) is 0 Å². The molecule has 100 valence electrons. The number of rotatable bonds is 3. The topological polar surface area (TPSA) is 48.4 Å². The summed E-state index contributed by atoms with van der Waals surface area (Å²) < 4.78 is 0. The molecular formula is C14H23N3O. The molecule has 18 heavy (non-hydrogen) atoms. The number of aromatic nitrogens is 1. The Hall–Kier alpha value is -0.970. The van der Waals surface area contributed by atoms with Crippen molar-refractivity contribution in [2.45, 2.75) is 38.6 Å². The Bertz CT molecular complexity index is 357. The molecule has 1 fully saturated rings. The number of pyridine rings is 1. The lowest BCUT2D eigenvalue weighted by molar-refractivity contribution is -0.0216. The number of likely N-dealkylation sites (N-methyl/N-ethyl adjacent to an activating group) is 1. The second-order valence-electron chi connectivity index (χ2n) is 5.23. The molecule has 2 rings (SSSR count). The van der Waals surface area contributed by atoms with Crippen LogP contribution in [0.1, 0.15) is 25.5 Å². The Labute approximate surface area is 109 Å². The smallest absolute Gasteiger partial charge is 0.123 e. The van der Waals surface area contributed by atoms with Gasteiger partial charge in [0.25, 0.3) is 0 Å². The van der Waals surface area contributed by atoms with E-state index in [1.54, 1.807) is 6.20 Å². The van der Waals surface area contributed by atoms with Crippen LogP contribution in [0.15, 0.2) is 24.4 Å². The predicted octanol–water partition coefficient (Wildman–Crippen LogP) is 1.22. The highest BCUT2D eigenvalue weighted by atomic mass is 16.3. The Kier molecular flexibility index (Phi) is 4.69. The Morgan fingerprint density at radius 1 is 1.50 bits per heavy atom. The van der Waals surface area contributed by atoms with Crippen LogP contribution in [0.3, 0.4) is 0 Å². The molecule has 0 aliphatic carbocycles. The van der Waals surface area contributed by atoms with Crippen LogP contribution in [-0.2, 0) is 6.54 Å². The SMILES string of the molecule is CNC1CC(C)CCN(Cc2ccccn2)C1O. The van der Waals surface area contributed by atoms with Gasteiger partial charge in [-0.3, -0.25) is 9.88 Å². The molecule has 0 radical (unpaired) electrons. The molecule has 3 unspecified atom stereocenters. The van der Waals surface area contributed by atoms with E-state index in [1.807, 2.05) is 25.2 Å². The highest BCUT2D eigenvalue weighted by Crippen LogP contribution is 2.21. The van der Waals surface area contributed by atoms with Crippen molar-refractivity contribution in [3.8, 4) is 0 Å². The summed E-state index contributed by atoms with van der Waals surface area (Å²) >= 11 is 0. The van der Waals surface area contributed by atoms with Crippen LogP contribution < -0.4 is 5.32 Å². The summed E-state index contributed by atoms with van der Waals surface area (Å²) in [6.45, 7) is 3.89. The zero-order chi connectivity index (χ0) is 13.0. The standard InChI is InChI=1S/C14H23N3O/c1-11-6-8-17(14(18)13(9-11)15-2)10-12-5-3-4-7-16-12/h3-5,7,11,13-15,18H,6,8-10H2,1-2H3. The van der Waals surface area contributed by atoms with Crippen molar-refractivity contribution < 1.29 is 5.11 Å². The number of nitrogens with one attached hydrogen (secondary N) is 1. The van der Waals surface area contributed by atoms with Gasteiger partial charge in [-0.15, -0.1) is 0 Å². The number of hydrogen-bond acceptors (Lipinski definition) is 4. The summed E-state index contributed by atoms with van der Waals surface area (Å²) in [4.78, 5) is 6.45. The molecule has 0 amide bonds. The molecule has 4 heteroatoms. The average Bonchev–Trinajstić information content (AvgIpc) is 2.53. The molecule has 3 atom stereocenters. The van der Waals surface area contributed by atoms with Crippen LogP contribution in [-0.4, -0.2) is 40.9 Å². The van der Waals surface area contributed by atoms with Gasteiger partial charge in [-0.05, 0) is 37.9 Å². The normalized spacial score (nSPS) is 30.1. The molecule has 4 nitrogen and oxygen atoms in total. The minimum absolute atomic E-state index is 0.145. The van der Waals surface area contributed by atoms with Gasteiger partial charge in [0.15, 0.2) is 0 Å². The van der Waals surface area contributed by atoms with E-state index in [2.05, 4.69) is 22.1 Å².